The predicted octanol–water partition coefficient (Wildman–Crippen LogP) is 2.20. The van der Waals surface area contributed by atoms with E-state index >= 15 is 0 Å². The summed E-state index contributed by atoms with van der Waals surface area (Å²) in [4.78, 5) is 36.4. The van der Waals surface area contributed by atoms with Gasteiger partial charge in [-0.3, -0.25) is 14.5 Å². The first-order valence-corrected chi connectivity index (χ1v) is 10.8. The number of carboxylic acid groups (broad SMARTS) is 3. The Morgan fingerprint density at radius 3 is 1.94 bits per heavy atom. The van der Waals surface area contributed by atoms with Crippen LogP contribution in [0.4, 0.5) is 4.39 Å². The van der Waals surface area contributed by atoms with Crippen LogP contribution in [0.2, 0.25) is 0 Å². The average Bonchev–Trinajstić information content (AvgIpc) is 3.20. The second-order valence-electron chi connectivity index (χ2n) is 7.70. The Morgan fingerprint density at radius 2 is 1.52 bits per heavy atom. The second kappa shape index (κ2) is 13.6. The molecule has 0 saturated carbocycles. The number of aliphatic carboxylic acids is 3. The summed E-state index contributed by atoms with van der Waals surface area (Å²) in [6.07, 6.45) is -2.29. The SMILES string of the molecule is CN(C)CCN(Cc1ccc(F)cc1)Cc1cccs1.O=C(O)CC(O)(CC(=O)O)C(=O)O. The molecule has 0 radical (unpaired) electrons. The van der Waals surface area contributed by atoms with Crippen LogP contribution in [-0.4, -0.2) is 80.9 Å². The summed E-state index contributed by atoms with van der Waals surface area (Å²) < 4.78 is 13.0. The van der Waals surface area contributed by atoms with Crippen LogP contribution in [0, 0.1) is 5.82 Å². The van der Waals surface area contributed by atoms with Gasteiger partial charge < -0.3 is 25.3 Å². The van der Waals surface area contributed by atoms with E-state index in [1.165, 1.54) is 17.0 Å². The fourth-order valence-corrected chi connectivity index (χ4v) is 3.49. The molecule has 4 N–H and O–H groups in total. The first kappa shape index (κ1) is 28.2. The maximum Gasteiger partial charge on any atom is 0.336 e. The number of carboxylic acids is 3. The van der Waals surface area contributed by atoms with Gasteiger partial charge in [0.05, 0.1) is 12.8 Å². The number of rotatable bonds is 12. The summed E-state index contributed by atoms with van der Waals surface area (Å²) in [5.74, 6) is -5.19. The van der Waals surface area contributed by atoms with Crippen molar-refractivity contribution >= 4 is 29.2 Å². The molecule has 182 valence electrons. The van der Waals surface area contributed by atoms with Crippen molar-refractivity contribution in [1.29, 1.82) is 0 Å². The van der Waals surface area contributed by atoms with Gasteiger partial charge in [-0.25, -0.2) is 9.18 Å². The molecule has 9 nitrogen and oxygen atoms in total. The highest BCUT2D eigenvalue weighted by molar-refractivity contribution is 7.09. The van der Waals surface area contributed by atoms with Crippen LogP contribution in [0.25, 0.3) is 0 Å². The Kier molecular flexibility index (Phi) is 11.6. The smallest absolute Gasteiger partial charge is 0.336 e. The zero-order chi connectivity index (χ0) is 25.0. The third kappa shape index (κ3) is 11.5. The largest absolute Gasteiger partial charge is 0.481 e. The number of thiophene rings is 1. The van der Waals surface area contributed by atoms with Gasteiger partial charge in [0.15, 0.2) is 5.60 Å². The molecule has 0 spiro atoms. The van der Waals surface area contributed by atoms with Gasteiger partial charge in [0.2, 0.25) is 0 Å². The molecule has 0 aliphatic rings. The summed E-state index contributed by atoms with van der Waals surface area (Å²) >= 11 is 1.78. The van der Waals surface area contributed by atoms with Crippen LogP contribution in [0.3, 0.4) is 0 Å². The average molecular weight is 485 g/mol. The molecular weight excluding hydrogens is 455 g/mol. The monoisotopic (exact) mass is 484 g/mol. The van der Waals surface area contributed by atoms with Gasteiger partial charge in [0, 0.05) is 31.1 Å². The number of hydrogen-bond acceptors (Lipinski definition) is 7. The zero-order valence-electron chi connectivity index (χ0n) is 18.5. The molecule has 1 aromatic heterocycles. The summed E-state index contributed by atoms with van der Waals surface area (Å²) in [6, 6.07) is 11.0. The van der Waals surface area contributed by atoms with Crippen molar-refractivity contribution in [3.63, 3.8) is 0 Å². The van der Waals surface area contributed by atoms with Gasteiger partial charge >= 0.3 is 17.9 Å². The summed E-state index contributed by atoms with van der Waals surface area (Å²) in [5, 5.41) is 35.9. The van der Waals surface area contributed by atoms with Gasteiger partial charge in [0.25, 0.3) is 0 Å². The van der Waals surface area contributed by atoms with Crippen molar-refractivity contribution in [3.8, 4) is 0 Å². The number of benzene rings is 1. The Bertz CT molecular complexity index is 873. The minimum atomic E-state index is -2.74. The van der Waals surface area contributed by atoms with Crippen LogP contribution in [0.15, 0.2) is 41.8 Å². The van der Waals surface area contributed by atoms with Crippen LogP contribution < -0.4 is 0 Å². The lowest BCUT2D eigenvalue weighted by Crippen LogP contribution is -2.42. The van der Waals surface area contributed by atoms with E-state index in [9.17, 15) is 18.8 Å². The van der Waals surface area contributed by atoms with E-state index in [0.29, 0.717) is 0 Å². The number of halogens is 1. The molecule has 1 aromatic carbocycles. The standard InChI is InChI=1S/C16H21FN2S.C6H8O7/c1-18(2)9-10-19(13-16-4-3-11-20-16)12-14-5-7-15(17)8-6-14;7-3(8)1-6(13,5(11)12)2-4(9)10/h3-8,11H,9-10,12-13H2,1-2H3;13H,1-2H2,(H,7,8)(H,9,10)(H,11,12). The third-order valence-corrected chi connectivity index (χ3v) is 5.29. The van der Waals surface area contributed by atoms with Crippen LogP contribution in [0.1, 0.15) is 23.3 Å². The molecule has 0 saturated heterocycles. The van der Waals surface area contributed by atoms with Crippen LogP contribution in [-0.2, 0) is 27.5 Å². The summed E-state index contributed by atoms with van der Waals surface area (Å²) in [6.45, 7) is 3.82. The molecule has 0 atom stereocenters. The van der Waals surface area contributed by atoms with Crippen molar-refractivity contribution in [2.24, 2.45) is 0 Å². The quantitative estimate of drug-likeness (QED) is 0.357. The molecule has 11 heteroatoms. The number of nitrogens with zero attached hydrogens (tertiary/aromatic N) is 2. The normalized spacial score (nSPS) is 11.2. The highest BCUT2D eigenvalue weighted by Gasteiger charge is 2.40. The fourth-order valence-electron chi connectivity index (χ4n) is 2.74. The predicted molar refractivity (Wildman–Crippen MR) is 120 cm³/mol. The van der Waals surface area contributed by atoms with Gasteiger partial charge in [-0.05, 0) is 43.2 Å². The zero-order valence-corrected chi connectivity index (χ0v) is 19.3. The molecule has 0 aliphatic carbocycles. The summed E-state index contributed by atoms with van der Waals surface area (Å²) in [7, 11) is 4.17. The topological polar surface area (TPSA) is 139 Å². The van der Waals surface area contributed by atoms with Gasteiger partial charge in [0.1, 0.15) is 5.82 Å². The highest BCUT2D eigenvalue weighted by atomic mass is 32.1. The molecule has 0 unspecified atom stereocenters. The molecule has 2 rings (SSSR count). The summed E-state index contributed by atoms with van der Waals surface area (Å²) in [5.41, 5.74) is -1.58. The first-order chi connectivity index (χ1) is 15.4. The molecular formula is C22H29FN2O7S. The number of aliphatic hydroxyl groups is 1. The molecule has 0 amide bonds. The maximum absolute atomic E-state index is 13.0. The molecule has 0 fully saturated rings. The van der Waals surface area contributed by atoms with E-state index < -0.39 is 36.4 Å². The van der Waals surface area contributed by atoms with Gasteiger partial charge in [-0.1, -0.05) is 18.2 Å². The second-order valence-corrected chi connectivity index (χ2v) is 8.73. The highest BCUT2D eigenvalue weighted by Crippen LogP contribution is 2.16. The van der Waals surface area contributed by atoms with Crippen molar-refractivity contribution < 1.29 is 39.2 Å². The van der Waals surface area contributed by atoms with Crippen molar-refractivity contribution in [3.05, 3.63) is 58.0 Å². The van der Waals surface area contributed by atoms with Gasteiger partial charge in [-0.2, -0.15) is 0 Å². The molecule has 0 aliphatic heterocycles. The van der Waals surface area contributed by atoms with Crippen LogP contribution in [0.5, 0.6) is 0 Å². The van der Waals surface area contributed by atoms with E-state index in [4.69, 9.17) is 20.4 Å². The van der Waals surface area contributed by atoms with E-state index in [2.05, 4.69) is 41.4 Å². The van der Waals surface area contributed by atoms with E-state index in [1.54, 1.807) is 11.3 Å². The number of carbonyl (C=O) groups is 3. The van der Waals surface area contributed by atoms with Crippen molar-refractivity contribution in [2.75, 3.05) is 27.2 Å². The maximum atomic E-state index is 13.0. The van der Waals surface area contributed by atoms with E-state index in [-0.39, 0.29) is 5.82 Å². The third-order valence-electron chi connectivity index (χ3n) is 4.43. The first-order valence-electron chi connectivity index (χ1n) is 9.94. The minimum absolute atomic E-state index is 0.174. The molecule has 2 aromatic rings. The number of likely N-dealkylation sites (N-methyl/N-ethyl adjacent to an activating group) is 1. The Balaban J connectivity index is 0.000000366. The molecule has 1 heterocycles. The van der Waals surface area contributed by atoms with Crippen molar-refractivity contribution in [1.82, 2.24) is 9.80 Å². The minimum Gasteiger partial charge on any atom is -0.481 e. The molecule has 33 heavy (non-hydrogen) atoms. The Hall–Kier alpha value is -2.86. The number of hydrogen-bond donors (Lipinski definition) is 4. The lowest BCUT2D eigenvalue weighted by Gasteiger charge is -2.23. The van der Waals surface area contributed by atoms with E-state index in [0.717, 1.165) is 31.7 Å². The molecule has 0 bridgehead atoms. The lowest BCUT2D eigenvalue weighted by atomic mass is 9.96. The van der Waals surface area contributed by atoms with Crippen LogP contribution >= 0.6 is 11.3 Å². The van der Waals surface area contributed by atoms with Gasteiger partial charge in [-0.15, -0.1) is 11.3 Å². The van der Waals surface area contributed by atoms with E-state index in [1.807, 2.05) is 12.1 Å². The van der Waals surface area contributed by atoms with Crippen molar-refractivity contribution in [2.45, 2.75) is 31.5 Å². The lowest BCUT2D eigenvalue weighted by molar-refractivity contribution is -0.170. The Morgan fingerprint density at radius 1 is 0.939 bits per heavy atom. The Labute approximate surface area is 195 Å². The fraction of sp³-hybridized carbons (Fsp3) is 0.409.